The number of benzene rings is 1. The zero-order valence-corrected chi connectivity index (χ0v) is 11.4. The monoisotopic (exact) mass is 225 g/mol. The van der Waals surface area contributed by atoms with Crippen LogP contribution < -0.4 is 5.19 Å². The van der Waals surface area contributed by atoms with E-state index >= 15 is 0 Å². The zero-order valence-electron chi connectivity index (χ0n) is 10.4. The van der Waals surface area contributed by atoms with Gasteiger partial charge in [0.05, 0.1) is 10.2 Å². The minimum Gasteiger partial charge on any atom is -0.0740 e. The van der Waals surface area contributed by atoms with Crippen molar-refractivity contribution in [3.8, 4) is 0 Å². The maximum Gasteiger partial charge on any atom is 0.0715 e. The smallest absolute Gasteiger partial charge is 0.0715 e. The van der Waals surface area contributed by atoms with Crippen molar-refractivity contribution in [3.63, 3.8) is 0 Å². The van der Waals surface area contributed by atoms with E-state index in [9.17, 15) is 0 Å². The molecule has 0 saturated heterocycles. The van der Waals surface area contributed by atoms with Gasteiger partial charge in [0.15, 0.2) is 0 Å². The summed E-state index contributed by atoms with van der Waals surface area (Å²) >= 11 is 0. The second kappa shape index (κ2) is 4.06. The van der Waals surface area contributed by atoms with Crippen LogP contribution in [0.3, 0.4) is 0 Å². The summed E-state index contributed by atoms with van der Waals surface area (Å²) in [5.41, 5.74) is 7.05. The molecular weight excluding hydrogens is 208 g/mol. The van der Waals surface area contributed by atoms with Crippen LogP contribution in [-0.2, 0) is 0 Å². The minimum atomic E-state index is 0.534. The number of allylic oxidation sites excluding steroid dienone is 4. The average Bonchev–Trinajstić information content (AvgIpc) is 2.47. The van der Waals surface area contributed by atoms with Crippen molar-refractivity contribution in [1.82, 2.24) is 0 Å². The van der Waals surface area contributed by atoms with Crippen molar-refractivity contribution in [2.75, 3.05) is 0 Å². The molecule has 0 N–H and O–H groups in total. The molecule has 3 radical (unpaired) electrons. The maximum atomic E-state index is 3.66. The molecule has 0 amide bonds. The van der Waals surface area contributed by atoms with E-state index in [1.807, 2.05) is 0 Å². The fourth-order valence-electron chi connectivity index (χ4n) is 2.51. The third kappa shape index (κ3) is 1.69. The Morgan fingerprint density at radius 1 is 1.12 bits per heavy atom. The van der Waals surface area contributed by atoms with Crippen LogP contribution in [0.25, 0.3) is 5.57 Å². The first-order valence-electron chi connectivity index (χ1n) is 5.73. The first-order chi connectivity index (χ1) is 7.52. The molecule has 0 aliphatic heterocycles. The SMILES string of the molecule is CC1=CC(C)C(c2cccc([Si])c2C)=C1C. The van der Waals surface area contributed by atoms with Gasteiger partial charge < -0.3 is 0 Å². The highest BCUT2D eigenvalue weighted by atomic mass is 28.1. The summed E-state index contributed by atoms with van der Waals surface area (Å²) in [4.78, 5) is 0. The second-order valence-electron chi connectivity index (χ2n) is 4.66. The molecule has 1 aromatic carbocycles. The van der Waals surface area contributed by atoms with E-state index in [1.165, 1.54) is 33.0 Å². The van der Waals surface area contributed by atoms with Gasteiger partial charge in [0, 0.05) is 5.92 Å². The topological polar surface area (TPSA) is 0 Å². The van der Waals surface area contributed by atoms with Crippen LogP contribution in [0.2, 0.25) is 0 Å². The molecule has 0 fully saturated rings. The highest BCUT2D eigenvalue weighted by Crippen LogP contribution is 2.38. The Morgan fingerprint density at radius 3 is 2.38 bits per heavy atom. The van der Waals surface area contributed by atoms with Crippen molar-refractivity contribution >= 4 is 21.0 Å². The van der Waals surface area contributed by atoms with Crippen LogP contribution in [0.5, 0.6) is 0 Å². The van der Waals surface area contributed by atoms with Gasteiger partial charge in [0.1, 0.15) is 0 Å². The Kier molecular flexibility index (Phi) is 2.89. The molecule has 0 heterocycles. The molecule has 0 aromatic heterocycles. The van der Waals surface area contributed by atoms with E-state index in [4.69, 9.17) is 0 Å². The summed E-state index contributed by atoms with van der Waals surface area (Å²) < 4.78 is 0. The Labute approximate surface area is 102 Å². The molecule has 1 aliphatic carbocycles. The number of hydrogen-bond donors (Lipinski definition) is 0. The molecule has 2 rings (SSSR count). The lowest BCUT2D eigenvalue weighted by molar-refractivity contribution is 0.973. The van der Waals surface area contributed by atoms with Crippen molar-refractivity contribution < 1.29 is 0 Å². The fraction of sp³-hybridized carbons (Fsp3) is 0.333. The van der Waals surface area contributed by atoms with Gasteiger partial charge >= 0.3 is 0 Å². The first kappa shape index (κ1) is 11.4. The Morgan fingerprint density at radius 2 is 1.81 bits per heavy atom. The van der Waals surface area contributed by atoms with Gasteiger partial charge in [-0.3, -0.25) is 0 Å². The van der Waals surface area contributed by atoms with E-state index in [1.54, 1.807) is 0 Å². The molecule has 1 atom stereocenters. The fourth-order valence-corrected chi connectivity index (χ4v) is 2.74. The predicted molar refractivity (Wildman–Crippen MR) is 72.1 cm³/mol. The van der Waals surface area contributed by atoms with Gasteiger partial charge in [-0.05, 0) is 43.0 Å². The largest absolute Gasteiger partial charge is 0.0740 e. The number of rotatable bonds is 1. The minimum absolute atomic E-state index is 0.534. The quantitative estimate of drug-likeness (QED) is 0.644. The highest BCUT2D eigenvalue weighted by molar-refractivity contribution is 6.33. The second-order valence-corrected chi connectivity index (χ2v) is 5.19. The van der Waals surface area contributed by atoms with Crippen molar-refractivity contribution in [2.45, 2.75) is 27.7 Å². The Balaban J connectivity index is 2.59. The summed E-state index contributed by atoms with van der Waals surface area (Å²) in [7, 11) is 3.66. The average molecular weight is 225 g/mol. The van der Waals surface area contributed by atoms with Gasteiger partial charge in [0.2, 0.25) is 0 Å². The molecule has 1 aromatic rings. The molecule has 81 valence electrons. The first-order valence-corrected chi connectivity index (χ1v) is 6.23. The van der Waals surface area contributed by atoms with Crippen molar-refractivity contribution in [1.29, 1.82) is 0 Å². The maximum absolute atomic E-state index is 3.66. The van der Waals surface area contributed by atoms with E-state index < -0.39 is 0 Å². The van der Waals surface area contributed by atoms with Gasteiger partial charge in [-0.25, -0.2) is 0 Å². The van der Waals surface area contributed by atoms with Crippen LogP contribution in [0.1, 0.15) is 31.9 Å². The summed E-state index contributed by atoms with van der Waals surface area (Å²) in [5.74, 6) is 0.534. The van der Waals surface area contributed by atoms with E-state index in [-0.39, 0.29) is 0 Å². The van der Waals surface area contributed by atoms with Gasteiger partial charge in [-0.1, -0.05) is 42.0 Å². The molecular formula is C15H17Si. The van der Waals surface area contributed by atoms with Crippen LogP contribution in [-0.4, -0.2) is 10.2 Å². The lowest BCUT2D eigenvalue weighted by Gasteiger charge is -2.15. The van der Waals surface area contributed by atoms with Crippen LogP contribution in [0.15, 0.2) is 35.4 Å². The summed E-state index contributed by atoms with van der Waals surface area (Å²) in [6.07, 6.45) is 2.35. The Hall–Kier alpha value is -1.08. The molecule has 16 heavy (non-hydrogen) atoms. The lowest BCUT2D eigenvalue weighted by atomic mass is 9.91. The molecule has 0 bridgehead atoms. The van der Waals surface area contributed by atoms with Gasteiger partial charge in [-0.2, -0.15) is 0 Å². The molecule has 0 saturated carbocycles. The van der Waals surface area contributed by atoms with E-state index in [0.717, 1.165) is 0 Å². The molecule has 0 nitrogen and oxygen atoms in total. The van der Waals surface area contributed by atoms with E-state index in [2.05, 4.69) is 62.2 Å². The predicted octanol–water partition coefficient (Wildman–Crippen LogP) is 3.16. The van der Waals surface area contributed by atoms with Gasteiger partial charge in [0.25, 0.3) is 0 Å². The lowest BCUT2D eigenvalue weighted by Crippen LogP contribution is -2.10. The van der Waals surface area contributed by atoms with Crippen LogP contribution >= 0.6 is 0 Å². The van der Waals surface area contributed by atoms with Crippen molar-refractivity contribution in [2.24, 2.45) is 5.92 Å². The summed E-state index contributed by atoms with van der Waals surface area (Å²) in [5, 5.41) is 1.19. The van der Waals surface area contributed by atoms with Gasteiger partial charge in [-0.15, -0.1) is 0 Å². The summed E-state index contributed by atoms with van der Waals surface area (Å²) in [6.45, 7) is 8.88. The van der Waals surface area contributed by atoms with Crippen molar-refractivity contribution in [3.05, 3.63) is 46.5 Å². The van der Waals surface area contributed by atoms with Crippen LogP contribution in [0.4, 0.5) is 0 Å². The highest BCUT2D eigenvalue weighted by Gasteiger charge is 2.20. The molecule has 1 aliphatic rings. The Bertz CT molecular complexity index is 492. The molecule has 1 unspecified atom stereocenters. The molecule has 0 spiro atoms. The summed E-state index contributed by atoms with van der Waals surface area (Å²) in [6, 6.07) is 6.44. The number of hydrogen-bond acceptors (Lipinski definition) is 0. The normalized spacial score (nSPS) is 20.3. The van der Waals surface area contributed by atoms with E-state index in [0.29, 0.717) is 5.92 Å². The zero-order chi connectivity index (χ0) is 11.9. The third-order valence-electron chi connectivity index (χ3n) is 3.57. The third-order valence-corrected chi connectivity index (χ3v) is 4.12. The van der Waals surface area contributed by atoms with Crippen LogP contribution in [0, 0.1) is 12.8 Å². The standard InChI is InChI=1S/C15H17Si/c1-9-8-10(2)15(11(9)3)13-6-5-7-14(16)12(13)4/h5-8,10H,1-4H3. The molecule has 1 heteroatoms.